The predicted molar refractivity (Wildman–Crippen MR) is 68.6 cm³/mol. The maximum atomic E-state index is 11.9. The van der Waals surface area contributed by atoms with Gasteiger partial charge < -0.3 is 17.0 Å². The van der Waals surface area contributed by atoms with Crippen LogP contribution < -0.4 is 21.5 Å². The molecule has 0 aliphatic carbocycles. The van der Waals surface area contributed by atoms with Gasteiger partial charge in [0, 0.05) is 16.9 Å². The van der Waals surface area contributed by atoms with Gasteiger partial charge in [-0.1, -0.05) is 39.0 Å². The molecule has 96 valence electrons. The molecule has 0 atom stereocenters. The van der Waals surface area contributed by atoms with Gasteiger partial charge >= 0.3 is 0 Å². The van der Waals surface area contributed by atoms with Crippen molar-refractivity contribution in [3.8, 4) is 0 Å². The number of rotatable bonds is 2. The van der Waals surface area contributed by atoms with E-state index in [0.29, 0.717) is 6.54 Å². The highest BCUT2D eigenvalue weighted by Gasteiger charge is 2.24. The summed E-state index contributed by atoms with van der Waals surface area (Å²) in [5.74, 6) is 0.248. The van der Waals surface area contributed by atoms with Crippen LogP contribution in [0.5, 0.6) is 0 Å². The number of carbonyl (C=O) groups excluding carboxylic acids is 1. The zero-order valence-electron chi connectivity index (χ0n) is 11.0. The van der Waals surface area contributed by atoms with Crippen molar-refractivity contribution in [2.45, 2.75) is 27.3 Å². The van der Waals surface area contributed by atoms with E-state index in [9.17, 15) is 4.79 Å². The number of ketones is 1. The lowest BCUT2D eigenvalue weighted by molar-refractivity contribution is -0.683. The summed E-state index contributed by atoms with van der Waals surface area (Å²) in [6.45, 7) is 6.30. The molecule has 18 heavy (non-hydrogen) atoms. The Labute approximate surface area is 118 Å². The average molecular weight is 308 g/mol. The maximum Gasteiger partial charge on any atom is 0.207 e. The number of Topliss-reactive ketones (excluding diaryl/α,β-unsaturated/α-hetero) is 1. The van der Waals surface area contributed by atoms with E-state index in [0.717, 1.165) is 5.39 Å². The Kier molecular flexibility index (Phi) is 4.63. The second-order valence-corrected chi connectivity index (χ2v) is 5.42. The third-order valence-corrected chi connectivity index (χ3v) is 2.91. The average Bonchev–Trinajstić information content (AvgIpc) is 2.27. The zero-order valence-corrected chi connectivity index (χ0v) is 12.6. The topological polar surface area (TPSA) is 20.9 Å². The van der Waals surface area contributed by atoms with Crippen LogP contribution in [0.25, 0.3) is 10.8 Å². The van der Waals surface area contributed by atoms with Crippen molar-refractivity contribution in [3.05, 3.63) is 42.7 Å². The highest BCUT2D eigenvalue weighted by atomic mass is 79.9. The minimum absolute atomic E-state index is 0. The van der Waals surface area contributed by atoms with Crippen LogP contribution in [0.1, 0.15) is 20.8 Å². The molecular weight excluding hydrogens is 290 g/mol. The van der Waals surface area contributed by atoms with Crippen molar-refractivity contribution in [2.75, 3.05) is 0 Å². The molecular formula is C15H18BrNO. The number of fused-ring (bicyclic) bond motifs is 1. The first-order chi connectivity index (χ1) is 7.97. The van der Waals surface area contributed by atoms with E-state index in [2.05, 4.69) is 12.1 Å². The summed E-state index contributed by atoms with van der Waals surface area (Å²) in [6.07, 6.45) is 3.99. The molecule has 0 aliphatic heterocycles. The van der Waals surface area contributed by atoms with Crippen LogP contribution in [-0.2, 0) is 11.3 Å². The van der Waals surface area contributed by atoms with Crippen LogP contribution in [0, 0.1) is 5.41 Å². The number of hydrogen-bond donors (Lipinski definition) is 0. The van der Waals surface area contributed by atoms with Crippen molar-refractivity contribution < 1.29 is 26.3 Å². The van der Waals surface area contributed by atoms with Crippen molar-refractivity contribution in [2.24, 2.45) is 5.41 Å². The Hall–Kier alpha value is -1.22. The molecule has 1 heterocycles. The summed E-state index contributed by atoms with van der Waals surface area (Å²) in [7, 11) is 0. The molecule has 0 bridgehead atoms. The van der Waals surface area contributed by atoms with E-state index in [-0.39, 0.29) is 28.2 Å². The first-order valence-corrected chi connectivity index (χ1v) is 5.88. The van der Waals surface area contributed by atoms with Crippen molar-refractivity contribution in [1.29, 1.82) is 0 Å². The van der Waals surface area contributed by atoms with Gasteiger partial charge in [-0.15, -0.1) is 0 Å². The molecule has 0 spiro atoms. The Bertz CT molecular complexity index is 558. The summed E-state index contributed by atoms with van der Waals surface area (Å²) in [5, 5.41) is 2.36. The molecule has 0 saturated carbocycles. The largest absolute Gasteiger partial charge is 1.00 e. The van der Waals surface area contributed by atoms with Crippen molar-refractivity contribution in [1.82, 2.24) is 0 Å². The first kappa shape index (κ1) is 14.8. The monoisotopic (exact) mass is 307 g/mol. The maximum absolute atomic E-state index is 11.9. The minimum Gasteiger partial charge on any atom is -1.00 e. The molecule has 0 unspecified atom stereocenters. The van der Waals surface area contributed by atoms with Crippen LogP contribution >= 0.6 is 0 Å². The summed E-state index contributed by atoms with van der Waals surface area (Å²) in [4.78, 5) is 11.9. The Morgan fingerprint density at radius 3 is 2.33 bits per heavy atom. The van der Waals surface area contributed by atoms with Gasteiger partial charge in [-0.2, -0.15) is 4.57 Å². The summed E-state index contributed by atoms with van der Waals surface area (Å²) < 4.78 is 1.95. The molecule has 0 N–H and O–H groups in total. The zero-order chi connectivity index (χ0) is 12.5. The molecule has 2 rings (SSSR count). The van der Waals surface area contributed by atoms with Crippen LogP contribution in [0.4, 0.5) is 0 Å². The number of benzene rings is 1. The van der Waals surface area contributed by atoms with Gasteiger partial charge in [-0.25, -0.2) is 0 Å². The van der Waals surface area contributed by atoms with Gasteiger partial charge in [0.2, 0.25) is 12.3 Å². The second kappa shape index (κ2) is 5.61. The number of halogens is 1. The molecule has 2 nitrogen and oxygen atoms in total. The standard InChI is InChI=1S/C15H18NO.BrH/c1-15(2,3)14(17)11-16-9-8-12-6-4-5-7-13(12)10-16;/h4-10H,11H2,1-3H3;1H/q+1;/p-1. The van der Waals surface area contributed by atoms with Gasteiger partial charge in [0.25, 0.3) is 0 Å². The Balaban J connectivity index is 0.00000162. The molecule has 0 radical (unpaired) electrons. The number of carbonyl (C=O) groups is 1. The summed E-state index contributed by atoms with van der Waals surface area (Å²) in [6, 6.07) is 10.2. The first-order valence-electron chi connectivity index (χ1n) is 5.88. The number of hydrogen-bond acceptors (Lipinski definition) is 1. The lowest BCUT2D eigenvalue weighted by Gasteiger charge is -2.13. The molecule has 0 saturated heterocycles. The molecule has 2 aromatic rings. The van der Waals surface area contributed by atoms with E-state index >= 15 is 0 Å². The number of nitrogens with zero attached hydrogens (tertiary/aromatic N) is 1. The van der Waals surface area contributed by atoms with E-state index in [1.807, 2.05) is 55.9 Å². The highest BCUT2D eigenvalue weighted by Crippen LogP contribution is 2.15. The molecule has 0 fully saturated rings. The summed E-state index contributed by atoms with van der Waals surface area (Å²) >= 11 is 0. The van der Waals surface area contributed by atoms with E-state index < -0.39 is 0 Å². The van der Waals surface area contributed by atoms with E-state index in [1.54, 1.807) is 0 Å². The number of pyridine rings is 1. The molecule has 0 amide bonds. The smallest absolute Gasteiger partial charge is 0.207 e. The van der Waals surface area contributed by atoms with Gasteiger partial charge in [0.05, 0.1) is 0 Å². The van der Waals surface area contributed by atoms with Crippen LogP contribution in [-0.4, -0.2) is 5.78 Å². The van der Waals surface area contributed by atoms with Gasteiger partial charge in [-0.05, 0) is 11.5 Å². The van der Waals surface area contributed by atoms with E-state index in [4.69, 9.17) is 0 Å². The van der Waals surface area contributed by atoms with Gasteiger partial charge in [0.1, 0.15) is 0 Å². The second-order valence-electron chi connectivity index (χ2n) is 5.42. The fraction of sp³-hybridized carbons (Fsp3) is 0.333. The lowest BCUT2D eigenvalue weighted by Crippen LogP contribution is -3.00. The van der Waals surface area contributed by atoms with Crippen LogP contribution in [0.2, 0.25) is 0 Å². The molecule has 1 aromatic heterocycles. The SMILES string of the molecule is CC(C)(C)C(=O)C[n+]1ccc2ccccc2c1.[Br-]. The quantitative estimate of drug-likeness (QED) is 0.701. The van der Waals surface area contributed by atoms with Crippen molar-refractivity contribution in [3.63, 3.8) is 0 Å². The Morgan fingerprint density at radius 1 is 1.11 bits per heavy atom. The molecule has 3 heteroatoms. The van der Waals surface area contributed by atoms with Crippen molar-refractivity contribution >= 4 is 16.6 Å². The van der Waals surface area contributed by atoms with Gasteiger partial charge in [-0.3, -0.25) is 4.79 Å². The predicted octanol–water partition coefficient (Wildman–Crippen LogP) is -0.253. The van der Waals surface area contributed by atoms with Crippen LogP contribution in [0.15, 0.2) is 42.7 Å². The van der Waals surface area contributed by atoms with Gasteiger partial charge in [0.15, 0.2) is 12.4 Å². The minimum atomic E-state index is -0.279. The third kappa shape index (κ3) is 3.39. The van der Waals surface area contributed by atoms with E-state index in [1.165, 1.54) is 5.39 Å². The highest BCUT2D eigenvalue weighted by molar-refractivity contribution is 5.83. The third-order valence-electron chi connectivity index (χ3n) is 2.91. The molecule has 1 aromatic carbocycles. The normalized spacial score (nSPS) is 11.1. The molecule has 0 aliphatic rings. The fourth-order valence-corrected chi connectivity index (χ4v) is 1.68. The van der Waals surface area contributed by atoms with Crippen LogP contribution in [0.3, 0.4) is 0 Å². The summed E-state index contributed by atoms with van der Waals surface area (Å²) in [5.41, 5.74) is -0.279. The lowest BCUT2D eigenvalue weighted by atomic mass is 9.91. The fourth-order valence-electron chi connectivity index (χ4n) is 1.68. The Morgan fingerprint density at radius 2 is 1.72 bits per heavy atom. The number of aromatic nitrogens is 1.